The quantitative estimate of drug-likeness (QED) is 0.808. The summed E-state index contributed by atoms with van der Waals surface area (Å²) in [6, 6.07) is 0. The fraction of sp³-hybridized carbons (Fsp3) is 0.933. The minimum atomic E-state index is -4.61. The Morgan fingerprint density at radius 3 is 2.00 bits per heavy atom. The zero-order chi connectivity index (χ0) is 15.9. The first-order valence-corrected chi connectivity index (χ1v) is 7.62. The predicted octanol–water partition coefficient (Wildman–Crippen LogP) is 3.12. The second kappa shape index (κ2) is 5.45. The minimum absolute atomic E-state index is 0.00522. The molecule has 1 amide bonds. The van der Waals surface area contributed by atoms with Crippen LogP contribution in [0.5, 0.6) is 0 Å². The zero-order valence-corrected chi connectivity index (χ0v) is 12.7. The standard InChI is InChI=1S/C15H24F3NO2/c1-13(2)5-3-11(4-6-13)12(20)19-9-7-14(21,8-10-19)15(16,17)18/h11,21H,3-10H2,1-2H3. The van der Waals surface area contributed by atoms with Crippen LogP contribution in [0.2, 0.25) is 0 Å². The molecule has 2 aliphatic rings. The van der Waals surface area contributed by atoms with Crippen molar-refractivity contribution in [3.63, 3.8) is 0 Å². The van der Waals surface area contributed by atoms with E-state index in [1.165, 1.54) is 4.90 Å². The van der Waals surface area contributed by atoms with Crippen LogP contribution < -0.4 is 0 Å². The first kappa shape index (κ1) is 16.6. The highest BCUT2D eigenvalue weighted by Gasteiger charge is 2.55. The van der Waals surface area contributed by atoms with E-state index in [2.05, 4.69) is 13.8 Å². The van der Waals surface area contributed by atoms with Gasteiger partial charge in [0.05, 0.1) is 0 Å². The van der Waals surface area contributed by atoms with Crippen LogP contribution in [0.4, 0.5) is 13.2 Å². The molecule has 0 radical (unpaired) electrons. The number of halogens is 3. The van der Waals surface area contributed by atoms with Gasteiger partial charge in [-0.15, -0.1) is 0 Å². The second-order valence-electron chi connectivity index (χ2n) is 7.29. The van der Waals surface area contributed by atoms with Crippen LogP contribution in [0.3, 0.4) is 0 Å². The number of amides is 1. The Kier molecular flexibility index (Phi) is 4.30. The van der Waals surface area contributed by atoms with Gasteiger partial charge in [-0.25, -0.2) is 0 Å². The Morgan fingerprint density at radius 1 is 1.10 bits per heavy atom. The van der Waals surface area contributed by atoms with E-state index in [-0.39, 0.29) is 30.3 Å². The van der Waals surface area contributed by atoms with E-state index in [1.54, 1.807) is 0 Å². The monoisotopic (exact) mass is 307 g/mol. The summed E-state index contributed by atoms with van der Waals surface area (Å²) in [6.45, 7) is 4.35. The molecule has 6 heteroatoms. The van der Waals surface area contributed by atoms with E-state index in [4.69, 9.17) is 0 Å². The van der Waals surface area contributed by atoms with Crippen molar-refractivity contribution in [2.45, 2.75) is 64.1 Å². The number of aliphatic hydroxyl groups is 1. The molecule has 1 aliphatic carbocycles. The van der Waals surface area contributed by atoms with Crippen molar-refractivity contribution in [2.75, 3.05) is 13.1 Å². The Bertz CT molecular complexity index is 388. The lowest BCUT2D eigenvalue weighted by Gasteiger charge is -2.41. The van der Waals surface area contributed by atoms with Gasteiger partial charge in [0, 0.05) is 31.8 Å². The lowest BCUT2D eigenvalue weighted by Crippen LogP contribution is -2.55. The normalized spacial score (nSPS) is 26.7. The highest BCUT2D eigenvalue weighted by molar-refractivity contribution is 5.79. The van der Waals surface area contributed by atoms with Gasteiger partial charge >= 0.3 is 6.18 Å². The molecular formula is C15H24F3NO2. The molecule has 0 unspecified atom stereocenters. The molecule has 3 nitrogen and oxygen atoms in total. The zero-order valence-electron chi connectivity index (χ0n) is 12.7. The van der Waals surface area contributed by atoms with E-state index >= 15 is 0 Å². The minimum Gasteiger partial charge on any atom is -0.380 e. The van der Waals surface area contributed by atoms with Gasteiger partial charge in [0.2, 0.25) is 5.91 Å². The SMILES string of the molecule is CC1(C)CCC(C(=O)N2CCC(O)(C(F)(F)F)CC2)CC1. The number of carbonyl (C=O) groups excluding carboxylic acids is 1. The fourth-order valence-electron chi connectivity index (χ4n) is 3.28. The molecule has 0 aromatic rings. The molecule has 1 heterocycles. The summed E-state index contributed by atoms with van der Waals surface area (Å²) in [5.74, 6) is -0.0928. The summed E-state index contributed by atoms with van der Waals surface area (Å²) in [5.41, 5.74) is -2.37. The number of likely N-dealkylation sites (tertiary alicyclic amines) is 1. The highest BCUT2D eigenvalue weighted by atomic mass is 19.4. The molecule has 122 valence electrons. The average Bonchev–Trinajstić information content (AvgIpc) is 2.37. The smallest absolute Gasteiger partial charge is 0.380 e. The lowest BCUT2D eigenvalue weighted by molar-refractivity contribution is -0.272. The maximum absolute atomic E-state index is 12.7. The molecule has 1 N–H and O–H groups in total. The van der Waals surface area contributed by atoms with Crippen LogP contribution in [0.15, 0.2) is 0 Å². The van der Waals surface area contributed by atoms with Gasteiger partial charge in [0.25, 0.3) is 0 Å². The molecule has 1 saturated carbocycles. The van der Waals surface area contributed by atoms with Crippen molar-refractivity contribution < 1.29 is 23.1 Å². The van der Waals surface area contributed by atoms with Crippen molar-refractivity contribution in [3.05, 3.63) is 0 Å². The number of rotatable bonds is 1. The maximum Gasteiger partial charge on any atom is 0.417 e. The number of alkyl halides is 3. The van der Waals surface area contributed by atoms with Gasteiger partial charge in [0.1, 0.15) is 0 Å². The van der Waals surface area contributed by atoms with Crippen molar-refractivity contribution in [3.8, 4) is 0 Å². The molecule has 1 aliphatic heterocycles. The number of carbonyl (C=O) groups is 1. The molecular weight excluding hydrogens is 283 g/mol. The van der Waals surface area contributed by atoms with E-state index in [1.807, 2.05) is 0 Å². The molecule has 1 saturated heterocycles. The van der Waals surface area contributed by atoms with Gasteiger partial charge in [-0.1, -0.05) is 13.8 Å². The number of hydrogen-bond acceptors (Lipinski definition) is 2. The summed E-state index contributed by atoms with van der Waals surface area (Å²) in [7, 11) is 0. The molecule has 21 heavy (non-hydrogen) atoms. The topological polar surface area (TPSA) is 40.5 Å². The van der Waals surface area contributed by atoms with Gasteiger partial charge in [-0.05, 0) is 31.1 Å². The third-order valence-electron chi connectivity index (χ3n) is 5.12. The first-order chi connectivity index (χ1) is 9.54. The fourth-order valence-corrected chi connectivity index (χ4v) is 3.28. The third-order valence-corrected chi connectivity index (χ3v) is 5.12. The molecule has 0 atom stereocenters. The van der Waals surface area contributed by atoms with E-state index < -0.39 is 24.6 Å². The molecule has 0 aromatic carbocycles. The van der Waals surface area contributed by atoms with E-state index in [0.29, 0.717) is 0 Å². The summed E-state index contributed by atoms with van der Waals surface area (Å²) in [6.07, 6.45) is -1.87. The van der Waals surface area contributed by atoms with E-state index in [9.17, 15) is 23.1 Å². The molecule has 2 rings (SSSR count). The maximum atomic E-state index is 12.7. The molecule has 2 fully saturated rings. The number of hydrogen-bond donors (Lipinski definition) is 1. The van der Waals surface area contributed by atoms with Gasteiger partial charge in [-0.2, -0.15) is 13.2 Å². The second-order valence-corrected chi connectivity index (χ2v) is 7.29. The van der Waals surface area contributed by atoms with Crippen molar-refractivity contribution in [2.24, 2.45) is 11.3 Å². The Balaban J connectivity index is 1.90. The van der Waals surface area contributed by atoms with Crippen LogP contribution in [-0.4, -0.2) is 40.8 Å². The van der Waals surface area contributed by atoms with Crippen LogP contribution in [0.25, 0.3) is 0 Å². The van der Waals surface area contributed by atoms with Crippen molar-refractivity contribution in [1.29, 1.82) is 0 Å². The van der Waals surface area contributed by atoms with Crippen LogP contribution in [-0.2, 0) is 4.79 Å². The summed E-state index contributed by atoms with van der Waals surface area (Å²) < 4.78 is 38.2. The van der Waals surface area contributed by atoms with Gasteiger partial charge in [0.15, 0.2) is 5.60 Å². The predicted molar refractivity (Wildman–Crippen MR) is 72.6 cm³/mol. The Labute approximate surface area is 123 Å². The van der Waals surface area contributed by atoms with Crippen LogP contribution in [0.1, 0.15) is 52.4 Å². The molecule has 0 aromatic heterocycles. The van der Waals surface area contributed by atoms with E-state index in [0.717, 1.165) is 25.7 Å². The molecule has 0 spiro atoms. The van der Waals surface area contributed by atoms with Crippen LogP contribution in [0, 0.1) is 11.3 Å². The van der Waals surface area contributed by atoms with Gasteiger partial charge < -0.3 is 10.0 Å². The van der Waals surface area contributed by atoms with Crippen molar-refractivity contribution in [1.82, 2.24) is 4.90 Å². The summed E-state index contributed by atoms with van der Waals surface area (Å²) >= 11 is 0. The van der Waals surface area contributed by atoms with Crippen LogP contribution >= 0.6 is 0 Å². The third kappa shape index (κ3) is 3.52. The number of nitrogens with zero attached hydrogens (tertiary/aromatic N) is 1. The number of piperidine rings is 1. The van der Waals surface area contributed by atoms with Gasteiger partial charge in [-0.3, -0.25) is 4.79 Å². The van der Waals surface area contributed by atoms with Crippen molar-refractivity contribution >= 4 is 5.91 Å². The highest BCUT2D eigenvalue weighted by Crippen LogP contribution is 2.41. The Morgan fingerprint density at radius 2 is 1.57 bits per heavy atom. The average molecular weight is 307 g/mol. The largest absolute Gasteiger partial charge is 0.417 e. The lowest BCUT2D eigenvalue weighted by atomic mass is 9.72. The summed E-state index contributed by atoms with van der Waals surface area (Å²) in [5, 5.41) is 9.62. The molecule has 0 bridgehead atoms. The first-order valence-electron chi connectivity index (χ1n) is 7.62. The summed E-state index contributed by atoms with van der Waals surface area (Å²) in [4.78, 5) is 13.9. The Hall–Kier alpha value is -0.780.